The number of para-hydroxylation sites is 1. The molecule has 2 fully saturated rings. The van der Waals surface area contributed by atoms with Crippen LogP contribution < -0.4 is 9.80 Å². The van der Waals surface area contributed by atoms with Crippen molar-refractivity contribution >= 4 is 46.6 Å². The molecule has 0 aliphatic carbocycles. The van der Waals surface area contributed by atoms with E-state index >= 15 is 0 Å². The molecule has 0 aromatic heterocycles. The molecule has 1 spiro atoms. The third-order valence-corrected chi connectivity index (χ3v) is 9.17. The normalized spacial score (nSPS) is 22.6. The first-order valence-electron chi connectivity index (χ1n) is 12.5. The highest BCUT2D eigenvalue weighted by Crippen LogP contribution is 2.55. The number of amides is 2. The molecule has 2 amide bonds. The molecule has 1 atom stereocenters. The van der Waals surface area contributed by atoms with Crippen LogP contribution >= 0.6 is 23.4 Å². The van der Waals surface area contributed by atoms with Gasteiger partial charge in [0.25, 0.3) is 5.91 Å². The van der Waals surface area contributed by atoms with E-state index in [1.165, 1.54) is 17.3 Å². The first-order chi connectivity index (χ1) is 17.6. The van der Waals surface area contributed by atoms with Crippen molar-refractivity contribution in [1.29, 1.82) is 0 Å². The smallest absolute Gasteiger partial charge is 0.269 e. The zero-order chi connectivity index (χ0) is 24.7. The van der Waals surface area contributed by atoms with Crippen LogP contribution in [0, 0.1) is 5.92 Å². The summed E-state index contributed by atoms with van der Waals surface area (Å²) in [5, 5.41) is 0.543. The summed E-state index contributed by atoms with van der Waals surface area (Å²) in [7, 11) is 0. The highest BCUT2D eigenvalue weighted by Gasteiger charge is 2.61. The predicted molar refractivity (Wildman–Crippen MR) is 146 cm³/mol. The van der Waals surface area contributed by atoms with Crippen molar-refractivity contribution in [3.8, 4) is 0 Å². The number of halogens is 1. The molecular formula is C29H28ClN3O2S. The fourth-order valence-electron chi connectivity index (χ4n) is 5.79. The Labute approximate surface area is 221 Å². The number of fused-ring (bicyclic) bond motifs is 2. The molecule has 0 radical (unpaired) electrons. The lowest BCUT2D eigenvalue weighted by Crippen LogP contribution is -2.52. The molecule has 0 saturated carbocycles. The number of carbonyl (C=O) groups excluding carboxylic acids is 2. The maximum Gasteiger partial charge on any atom is 0.269 e. The van der Waals surface area contributed by atoms with Gasteiger partial charge in [-0.05, 0) is 55.0 Å². The van der Waals surface area contributed by atoms with Crippen LogP contribution in [0.1, 0.15) is 24.0 Å². The number of nitrogens with zero attached hydrogens (tertiary/aromatic N) is 3. The SMILES string of the molecule is O=C1CSC2(C(=O)N(CN3CCC(Cc4ccccc4)CC3)c3ccccc32)N1c1cccc(Cl)c1. The Bertz CT molecular complexity index is 1290. The number of hydrogen-bond donors (Lipinski definition) is 0. The Balaban J connectivity index is 1.24. The van der Waals surface area contributed by atoms with E-state index in [0.29, 0.717) is 23.3 Å². The average Bonchev–Trinajstić information content (AvgIpc) is 3.36. The van der Waals surface area contributed by atoms with E-state index in [4.69, 9.17) is 11.6 Å². The van der Waals surface area contributed by atoms with Gasteiger partial charge in [0.1, 0.15) is 0 Å². The number of piperidine rings is 1. The summed E-state index contributed by atoms with van der Waals surface area (Å²) < 4.78 is 0. The van der Waals surface area contributed by atoms with Gasteiger partial charge in [-0.3, -0.25) is 24.3 Å². The molecule has 3 aliphatic rings. The lowest BCUT2D eigenvalue weighted by Gasteiger charge is -2.36. The van der Waals surface area contributed by atoms with Gasteiger partial charge in [0.15, 0.2) is 0 Å². The molecule has 7 heteroatoms. The van der Waals surface area contributed by atoms with Crippen molar-refractivity contribution in [3.63, 3.8) is 0 Å². The Morgan fingerprint density at radius 2 is 1.67 bits per heavy atom. The van der Waals surface area contributed by atoms with Gasteiger partial charge in [0, 0.05) is 29.4 Å². The number of benzene rings is 3. The molecule has 3 aromatic carbocycles. The summed E-state index contributed by atoms with van der Waals surface area (Å²) in [6.45, 7) is 2.45. The second-order valence-corrected chi connectivity index (χ2v) is 11.4. The van der Waals surface area contributed by atoms with Crippen LogP contribution in [-0.4, -0.2) is 42.2 Å². The van der Waals surface area contributed by atoms with Crippen molar-refractivity contribution < 1.29 is 9.59 Å². The van der Waals surface area contributed by atoms with Gasteiger partial charge < -0.3 is 0 Å². The molecule has 5 nitrogen and oxygen atoms in total. The van der Waals surface area contributed by atoms with Crippen LogP contribution in [0.3, 0.4) is 0 Å². The molecule has 184 valence electrons. The highest BCUT2D eigenvalue weighted by molar-refractivity contribution is 8.02. The van der Waals surface area contributed by atoms with E-state index in [2.05, 4.69) is 35.2 Å². The van der Waals surface area contributed by atoms with E-state index in [1.54, 1.807) is 17.0 Å². The lowest BCUT2D eigenvalue weighted by atomic mass is 9.90. The number of hydrogen-bond acceptors (Lipinski definition) is 4. The Morgan fingerprint density at radius 1 is 0.917 bits per heavy atom. The van der Waals surface area contributed by atoms with E-state index in [0.717, 1.165) is 43.6 Å². The Kier molecular flexibility index (Phi) is 6.28. The molecule has 2 saturated heterocycles. The fraction of sp³-hybridized carbons (Fsp3) is 0.310. The van der Waals surface area contributed by atoms with Crippen LogP contribution in [-0.2, 0) is 20.9 Å². The molecule has 0 N–H and O–H groups in total. The number of likely N-dealkylation sites (tertiary alicyclic amines) is 1. The number of rotatable bonds is 5. The second-order valence-electron chi connectivity index (χ2n) is 9.78. The summed E-state index contributed by atoms with van der Waals surface area (Å²) in [5.74, 6) is 0.795. The molecule has 0 bridgehead atoms. The Hall–Kier alpha value is -2.80. The first-order valence-corrected chi connectivity index (χ1v) is 13.8. The van der Waals surface area contributed by atoms with Crippen molar-refractivity contribution in [3.05, 3.63) is 95.0 Å². The van der Waals surface area contributed by atoms with Crippen molar-refractivity contribution in [2.45, 2.75) is 24.1 Å². The zero-order valence-corrected chi connectivity index (χ0v) is 21.5. The van der Waals surface area contributed by atoms with Gasteiger partial charge in [0.2, 0.25) is 10.8 Å². The first kappa shape index (κ1) is 23.6. The number of anilines is 2. The largest absolute Gasteiger partial charge is 0.295 e. The van der Waals surface area contributed by atoms with Gasteiger partial charge in [-0.15, -0.1) is 11.8 Å². The van der Waals surface area contributed by atoms with Crippen molar-refractivity contribution in [1.82, 2.24) is 4.90 Å². The van der Waals surface area contributed by atoms with Gasteiger partial charge in [0.05, 0.1) is 18.1 Å². The van der Waals surface area contributed by atoms with Crippen LogP contribution in [0.4, 0.5) is 11.4 Å². The van der Waals surface area contributed by atoms with Crippen molar-refractivity contribution in [2.75, 3.05) is 35.3 Å². The monoisotopic (exact) mass is 517 g/mol. The summed E-state index contributed by atoms with van der Waals surface area (Å²) in [4.78, 5) is 32.2. The van der Waals surface area contributed by atoms with Crippen LogP contribution in [0.2, 0.25) is 5.02 Å². The third-order valence-electron chi connectivity index (χ3n) is 7.55. The minimum Gasteiger partial charge on any atom is -0.295 e. The fourth-order valence-corrected chi connectivity index (χ4v) is 7.33. The van der Waals surface area contributed by atoms with E-state index < -0.39 is 4.87 Å². The molecule has 3 heterocycles. The van der Waals surface area contributed by atoms with Gasteiger partial charge in [-0.2, -0.15) is 0 Å². The molecular weight excluding hydrogens is 490 g/mol. The molecule has 3 aliphatic heterocycles. The van der Waals surface area contributed by atoms with E-state index in [9.17, 15) is 9.59 Å². The van der Waals surface area contributed by atoms with Crippen LogP contribution in [0.5, 0.6) is 0 Å². The topological polar surface area (TPSA) is 43.9 Å². The van der Waals surface area contributed by atoms with Gasteiger partial charge in [-0.25, -0.2) is 0 Å². The third kappa shape index (κ3) is 4.01. The summed E-state index contributed by atoms with van der Waals surface area (Å²) in [6.07, 6.45) is 3.34. The quantitative estimate of drug-likeness (QED) is 0.446. The van der Waals surface area contributed by atoms with E-state index in [-0.39, 0.29) is 17.6 Å². The van der Waals surface area contributed by atoms with Crippen LogP contribution in [0.25, 0.3) is 0 Å². The average molecular weight is 518 g/mol. The molecule has 1 unspecified atom stereocenters. The van der Waals surface area contributed by atoms with Gasteiger partial charge in [-0.1, -0.05) is 66.2 Å². The molecule has 36 heavy (non-hydrogen) atoms. The van der Waals surface area contributed by atoms with Crippen molar-refractivity contribution in [2.24, 2.45) is 5.92 Å². The van der Waals surface area contributed by atoms with E-state index in [1.807, 2.05) is 41.3 Å². The predicted octanol–water partition coefficient (Wildman–Crippen LogP) is 5.53. The maximum absolute atomic E-state index is 14.2. The molecule has 6 rings (SSSR count). The Morgan fingerprint density at radius 3 is 2.44 bits per heavy atom. The minimum absolute atomic E-state index is 0.0501. The number of carbonyl (C=O) groups is 2. The highest BCUT2D eigenvalue weighted by atomic mass is 35.5. The summed E-state index contributed by atoms with van der Waals surface area (Å²) >= 11 is 7.69. The van der Waals surface area contributed by atoms with Gasteiger partial charge >= 0.3 is 0 Å². The lowest BCUT2D eigenvalue weighted by molar-refractivity contribution is -0.124. The summed E-state index contributed by atoms with van der Waals surface area (Å²) in [6, 6.07) is 25.8. The summed E-state index contributed by atoms with van der Waals surface area (Å²) in [5.41, 5.74) is 3.82. The molecule has 3 aromatic rings. The zero-order valence-electron chi connectivity index (χ0n) is 20.0. The van der Waals surface area contributed by atoms with Crippen LogP contribution in [0.15, 0.2) is 78.9 Å². The minimum atomic E-state index is -1.09. The maximum atomic E-state index is 14.2. The standard InChI is InChI=1S/C29H28ClN3O2S/c30-23-9-6-10-24(18-23)33-27(34)19-36-29(33)25-11-4-5-12-26(25)32(28(29)35)20-31-15-13-22(14-16-31)17-21-7-2-1-3-8-21/h1-12,18,22H,13-17,19-20H2. The second kappa shape index (κ2) is 9.58. The number of thioether (sulfide) groups is 1.